The van der Waals surface area contributed by atoms with Crippen LogP contribution in [0.1, 0.15) is 47.2 Å². The maximum Gasteiger partial charge on any atom is 0.274 e. The van der Waals surface area contributed by atoms with E-state index in [2.05, 4.69) is 41.5 Å². The number of aromatic nitrogens is 2. The van der Waals surface area contributed by atoms with Crippen molar-refractivity contribution in [2.24, 2.45) is 5.92 Å². The van der Waals surface area contributed by atoms with E-state index >= 15 is 0 Å². The number of carbonyl (C=O) groups is 1. The Morgan fingerprint density at radius 1 is 1.25 bits per heavy atom. The number of hydrogen-bond acceptors (Lipinski definition) is 3. The molecule has 5 nitrogen and oxygen atoms in total. The van der Waals surface area contributed by atoms with Gasteiger partial charge in [0.25, 0.3) is 5.91 Å². The first-order valence-electron chi connectivity index (χ1n) is 8.18. The van der Waals surface area contributed by atoms with E-state index in [1.165, 1.54) is 0 Å². The fourth-order valence-electron chi connectivity index (χ4n) is 3.40. The van der Waals surface area contributed by atoms with Gasteiger partial charge in [-0.25, -0.2) is 0 Å². The highest BCUT2D eigenvalue weighted by Crippen LogP contribution is 2.29. The number of carbonyl (C=O) groups excluding carboxylic acids is 1. The molecular formula is C18H25ClN4O. The summed E-state index contributed by atoms with van der Waals surface area (Å²) in [5, 5.41) is 10.6. The Balaban J connectivity index is 0.00000208. The standard InChI is InChI=1S/C18H24N4O.ClH/c1-12(2)17(13-7-5-4-6-8-13)22(3)18(23)16-14-11-19-10-9-15(14)20-21-16;/h4-8,12,17,19H,9-11H2,1-3H3,(H,20,21);1H. The summed E-state index contributed by atoms with van der Waals surface area (Å²) in [6.45, 7) is 5.92. The Hall–Kier alpha value is -1.85. The fourth-order valence-corrected chi connectivity index (χ4v) is 3.40. The molecule has 1 unspecified atom stereocenters. The molecule has 1 aliphatic rings. The second-order valence-corrected chi connectivity index (χ2v) is 6.47. The molecule has 0 radical (unpaired) electrons. The highest BCUT2D eigenvalue weighted by Gasteiger charge is 2.29. The lowest BCUT2D eigenvalue weighted by Crippen LogP contribution is -2.35. The molecule has 1 aromatic carbocycles. The lowest BCUT2D eigenvalue weighted by molar-refractivity contribution is 0.0679. The van der Waals surface area contributed by atoms with Crippen LogP contribution in [0.25, 0.3) is 0 Å². The van der Waals surface area contributed by atoms with Crippen LogP contribution >= 0.6 is 12.4 Å². The molecule has 2 aromatic rings. The fraction of sp³-hybridized carbons (Fsp3) is 0.444. The maximum absolute atomic E-state index is 13.0. The number of nitrogens with one attached hydrogen (secondary N) is 2. The first-order chi connectivity index (χ1) is 11.1. The first-order valence-corrected chi connectivity index (χ1v) is 8.18. The summed E-state index contributed by atoms with van der Waals surface area (Å²) in [7, 11) is 1.87. The van der Waals surface area contributed by atoms with Crippen LogP contribution in [-0.4, -0.2) is 34.6 Å². The van der Waals surface area contributed by atoms with E-state index in [1.54, 1.807) is 0 Å². The van der Waals surface area contributed by atoms with Gasteiger partial charge in [-0.1, -0.05) is 44.2 Å². The summed E-state index contributed by atoms with van der Waals surface area (Å²) in [5.74, 6) is 0.299. The van der Waals surface area contributed by atoms with Crippen LogP contribution < -0.4 is 5.32 Å². The molecule has 130 valence electrons. The zero-order valence-corrected chi connectivity index (χ0v) is 15.2. The molecule has 2 N–H and O–H groups in total. The summed E-state index contributed by atoms with van der Waals surface area (Å²) in [6, 6.07) is 10.2. The van der Waals surface area contributed by atoms with Crippen molar-refractivity contribution < 1.29 is 4.79 Å². The summed E-state index contributed by atoms with van der Waals surface area (Å²) in [6.07, 6.45) is 0.894. The smallest absolute Gasteiger partial charge is 0.274 e. The number of halogens is 1. The van der Waals surface area contributed by atoms with Crippen LogP contribution in [0.15, 0.2) is 30.3 Å². The minimum atomic E-state index is -0.0197. The van der Waals surface area contributed by atoms with Gasteiger partial charge in [-0.2, -0.15) is 5.10 Å². The van der Waals surface area contributed by atoms with Crippen molar-refractivity contribution in [3.8, 4) is 0 Å². The average Bonchev–Trinajstić information content (AvgIpc) is 2.99. The van der Waals surface area contributed by atoms with E-state index in [0.717, 1.165) is 29.8 Å². The minimum Gasteiger partial charge on any atom is -0.333 e. The predicted molar refractivity (Wildman–Crippen MR) is 97.4 cm³/mol. The van der Waals surface area contributed by atoms with Gasteiger partial charge >= 0.3 is 0 Å². The Kier molecular flexibility index (Phi) is 6.02. The Bertz CT molecular complexity index is 684. The molecule has 0 bridgehead atoms. The summed E-state index contributed by atoms with van der Waals surface area (Å²) < 4.78 is 0. The zero-order chi connectivity index (χ0) is 16.4. The van der Waals surface area contributed by atoms with Gasteiger partial charge in [0.2, 0.25) is 0 Å². The van der Waals surface area contributed by atoms with Crippen LogP contribution in [0.4, 0.5) is 0 Å². The number of amides is 1. The molecule has 2 heterocycles. The largest absolute Gasteiger partial charge is 0.333 e. The number of fused-ring (bicyclic) bond motifs is 1. The van der Waals surface area contributed by atoms with E-state index in [-0.39, 0.29) is 24.4 Å². The van der Waals surface area contributed by atoms with E-state index in [0.29, 0.717) is 18.2 Å². The highest BCUT2D eigenvalue weighted by atomic mass is 35.5. The number of hydrogen-bond donors (Lipinski definition) is 2. The van der Waals surface area contributed by atoms with E-state index < -0.39 is 0 Å². The monoisotopic (exact) mass is 348 g/mol. The first kappa shape index (κ1) is 18.5. The van der Waals surface area contributed by atoms with Gasteiger partial charge in [-0.05, 0) is 11.5 Å². The number of benzene rings is 1. The Labute approximate surface area is 149 Å². The predicted octanol–water partition coefficient (Wildman–Crippen LogP) is 2.95. The SMILES string of the molecule is CC(C)C(c1ccccc1)N(C)C(=O)c1n[nH]c2c1CNCC2.Cl. The van der Waals surface area contributed by atoms with Crippen molar-refractivity contribution in [2.45, 2.75) is 32.9 Å². The maximum atomic E-state index is 13.0. The van der Waals surface area contributed by atoms with Crippen LogP contribution in [0, 0.1) is 5.92 Å². The van der Waals surface area contributed by atoms with Crippen molar-refractivity contribution in [3.63, 3.8) is 0 Å². The van der Waals surface area contributed by atoms with Crippen molar-refractivity contribution in [3.05, 3.63) is 52.8 Å². The lowest BCUT2D eigenvalue weighted by atomic mass is 9.94. The molecule has 0 aliphatic carbocycles. The quantitative estimate of drug-likeness (QED) is 0.893. The second-order valence-electron chi connectivity index (χ2n) is 6.47. The zero-order valence-electron chi connectivity index (χ0n) is 14.4. The molecule has 0 spiro atoms. The third kappa shape index (κ3) is 3.47. The van der Waals surface area contributed by atoms with Gasteiger partial charge in [0.15, 0.2) is 5.69 Å². The molecule has 1 amide bonds. The van der Waals surface area contributed by atoms with Crippen molar-refractivity contribution in [1.82, 2.24) is 20.4 Å². The lowest BCUT2D eigenvalue weighted by Gasteiger charge is -2.31. The third-order valence-corrected chi connectivity index (χ3v) is 4.52. The number of rotatable bonds is 4. The van der Waals surface area contributed by atoms with E-state index in [1.807, 2.05) is 30.1 Å². The molecule has 3 rings (SSSR count). The Morgan fingerprint density at radius 3 is 2.62 bits per heavy atom. The van der Waals surface area contributed by atoms with Crippen LogP contribution in [0.2, 0.25) is 0 Å². The normalized spacial score (nSPS) is 14.7. The van der Waals surface area contributed by atoms with Crippen LogP contribution in [0.5, 0.6) is 0 Å². The summed E-state index contributed by atoms with van der Waals surface area (Å²) in [4.78, 5) is 14.8. The molecule has 0 fully saturated rings. The number of H-pyrrole nitrogens is 1. The van der Waals surface area contributed by atoms with Crippen LogP contribution in [0.3, 0.4) is 0 Å². The van der Waals surface area contributed by atoms with Crippen molar-refractivity contribution in [2.75, 3.05) is 13.6 Å². The molecule has 6 heteroatoms. The summed E-state index contributed by atoms with van der Waals surface area (Å²) in [5.41, 5.74) is 3.81. The molecule has 0 saturated heterocycles. The minimum absolute atomic E-state index is 0. The topological polar surface area (TPSA) is 61.0 Å². The molecule has 1 aliphatic heterocycles. The molecule has 1 atom stereocenters. The third-order valence-electron chi connectivity index (χ3n) is 4.52. The van der Waals surface area contributed by atoms with E-state index in [9.17, 15) is 4.79 Å². The average molecular weight is 349 g/mol. The molecule has 24 heavy (non-hydrogen) atoms. The van der Waals surface area contributed by atoms with E-state index in [4.69, 9.17) is 0 Å². The molecular weight excluding hydrogens is 324 g/mol. The number of aromatic amines is 1. The van der Waals surface area contributed by atoms with Crippen molar-refractivity contribution >= 4 is 18.3 Å². The van der Waals surface area contributed by atoms with Gasteiger partial charge in [0, 0.05) is 37.8 Å². The van der Waals surface area contributed by atoms with Crippen LogP contribution in [-0.2, 0) is 13.0 Å². The Morgan fingerprint density at radius 2 is 1.96 bits per heavy atom. The molecule has 1 aromatic heterocycles. The van der Waals surface area contributed by atoms with Gasteiger partial charge in [-0.3, -0.25) is 9.89 Å². The molecule has 0 saturated carbocycles. The van der Waals surface area contributed by atoms with Gasteiger partial charge in [0.1, 0.15) is 0 Å². The van der Waals surface area contributed by atoms with Gasteiger partial charge in [0.05, 0.1) is 6.04 Å². The van der Waals surface area contributed by atoms with Crippen molar-refractivity contribution in [1.29, 1.82) is 0 Å². The summed E-state index contributed by atoms with van der Waals surface area (Å²) >= 11 is 0. The van der Waals surface area contributed by atoms with Gasteiger partial charge in [-0.15, -0.1) is 12.4 Å². The van der Waals surface area contributed by atoms with Gasteiger partial charge < -0.3 is 10.2 Å². The number of nitrogens with zero attached hydrogens (tertiary/aromatic N) is 2. The highest BCUT2D eigenvalue weighted by molar-refractivity contribution is 5.94. The second kappa shape index (κ2) is 7.81.